The fourth-order valence-corrected chi connectivity index (χ4v) is 4.94. The summed E-state index contributed by atoms with van der Waals surface area (Å²) in [6, 6.07) is 19.2. The number of aromatic nitrogens is 6. The number of anilines is 1. The average molecular weight is 478 g/mol. The minimum atomic E-state index is -0.252. The van der Waals surface area contributed by atoms with E-state index in [1.807, 2.05) is 61.5 Å². The Kier molecular flexibility index (Phi) is 5.23. The van der Waals surface area contributed by atoms with Crippen LogP contribution in [-0.2, 0) is 0 Å². The van der Waals surface area contributed by atoms with Gasteiger partial charge in [-0.15, -0.1) is 11.3 Å². The van der Waals surface area contributed by atoms with Crippen molar-refractivity contribution in [1.82, 2.24) is 29.7 Å². The van der Waals surface area contributed by atoms with Crippen LogP contribution in [0.1, 0.15) is 18.7 Å². The van der Waals surface area contributed by atoms with Gasteiger partial charge in [0.2, 0.25) is 0 Å². The maximum absolute atomic E-state index is 14.1. The van der Waals surface area contributed by atoms with Gasteiger partial charge >= 0.3 is 0 Å². The number of benzene rings is 2. The zero-order valence-corrected chi connectivity index (χ0v) is 19.5. The Morgan fingerprint density at radius 2 is 1.86 bits per heavy atom. The zero-order chi connectivity index (χ0) is 23.8. The topological polar surface area (TPSA) is 98.5 Å². The number of para-hydroxylation sites is 1. The maximum Gasteiger partial charge on any atom is 0.263 e. The van der Waals surface area contributed by atoms with Gasteiger partial charge in [0.05, 0.1) is 29.3 Å². The molecule has 0 amide bonds. The summed E-state index contributed by atoms with van der Waals surface area (Å²) >= 11 is 1.46. The predicted molar refractivity (Wildman–Crippen MR) is 138 cm³/mol. The van der Waals surface area contributed by atoms with E-state index in [9.17, 15) is 4.79 Å². The van der Waals surface area contributed by atoms with Gasteiger partial charge in [0.15, 0.2) is 5.82 Å². The average Bonchev–Trinajstić information content (AvgIpc) is 3.39. The fourth-order valence-electron chi connectivity index (χ4n) is 4.31. The van der Waals surface area contributed by atoms with Crippen molar-refractivity contribution in [1.29, 1.82) is 0 Å². The van der Waals surface area contributed by atoms with E-state index in [2.05, 4.69) is 36.5 Å². The van der Waals surface area contributed by atoms with E-state index in [0.717, 1.165) is 32.7 Å². The number of nitrogens with one attached hydrogen (secondary N) is 1. The molecule has 0 aliphatic heterocycles. The third-order valence-electron chi connectivity index (χ3n) is 5.92. The molecule has 6 aromatic rings. The Bertz CT molecular complexity index is 1710. The van der Waals surface area contributed by atoms with Crippen LogP contribution in [0.3, 0.4) is 0 Å². The van der Waals surface area contributed by atoms with Crippen LogP contribution in [0.5, 0.6) is 0 Å². The minimum absolute atomic E-state index is 0.105. The smallest absolute Gasteiger partial charge is 0.263 e. The summed E-state index contributed by atoms with van der Waals surface area (Å²) in [4.78, 5) is 28.0. The Labute approximate surface area is 204 Å². The second-order valence-electron chi connectivity index (χ2n) is 8.04. The maximum atomic E-state index is 14.1. The number of pyridine rings is 1. The number of hydrogen-bond donors (Lipinski definition) is 1. The number of hydrogen-bond acceptors (Lipinski definition) is 8. The molecular formula is C26H19N7OS. The van der Waals surface area contributed by atoms with Crippen molar-refractivity contribution in [2.75, 3.05) is 5.32 Å². The van der Waals surface area contributed by atoms with E-state index in [0.29, 0.717) is 16.7 Å². The number of thiazole rings is 1. The molecule has 1 N–H and O–H groups in total. The molecule has 0 spiro atoms. The molecule has 0 radical (unpaired) electrons. The summed E-state index contributed by atoms with van der Waals surface area (Å²) in [7, 11) is 0. The molecule has 9 heteroatoms. The van der Waals surface area contributed by atoms with Crippen LogP contribution in [0.15, 0.2) is 89.7 Å². The van der Waals surface area contributed by atoms with E-state index < -0.39 is 0 Å². The standard InChI is InChI=1S/C26H19N7OS/c1-16(32-24-23-25(28-14-27-24)35-15-29-23)21-12-17-6-5-9-20(18-10-11-30-31-13-18)22(17)26(34)33(21)19-7-3-2-4-8-19/h2-16H,1H3,(H,27,28,32)/t16-/m0/s1. The van der Waals surface area contributed by atoms with E-state index in [1.54, 1.807) is 22.5 Å². The first-order valence-electron chi connectivity index (χ1n) is 11.0. The summed E-state index contributed by atoms with van der Waals surface area (Å²) in [5.41, 5.74) is 5.61. The summed E-state index contributed by atoms with van der Waals surface area (Å²) in [6.07, 6.45) is 4.83. The highest BCUT2D eigenvalue weighted by Gasteiger charge is 2.20. The van der Waals surface area contributed by atoms with E-state index in [1.165, 1.54) is 17.7 Å². The molecule has 1 atom stereocenters. The van der Waals surface area contributed by atoms with Crippen molar-refractivity contribution in [2.45, 2.75) is 13.0 Å². The Morgan fingerprint density at radius 3 is 2.69 bits per heavy atom. The van der Waals surface area contributed by atoms with Crippen LogP contribution in [0.25, 0.3) is 37.9 Å². The number of nitrogens with zero attached hydrogens (tertiary/aromatic N) is 6. The lowest BCUT2D eigenvalue weighted by Gasteiger charge is -2.22. The molecule has 4 heterocycles. The molecule has 35 heavy (non-hydrogen) atoms. The molecule has 0 aliphatic rings. The van der Waals surface area contributed by atoms with E-state index in [-0.39, 0.29) is 11.6 Å². The van der Waals surface area contributed by atoms with Crippen LogP contribution in [0.4, 0.5) is 5.82 Å². The lowest BCUT2D eigenvalue weighted by Crippen LogP contribution is -2.26. The van der Waals surface area contributed by atoms with Crippen LogP contribution in [0, 0.1) is 0 Å². The molecule has 0 fully saturated rings. The van der Waals surface area contributed by atoms with Crippen molar-refractivity contribution >= 4 is 38.3 Å². The summed E-state index contributed by atoms with van der Waals surface area (Å²) in [5.74, 6) is 0.632. The third kappa shape index (κ3) is 3.71. The second-order valence-corrected chi connectivity index (χ2v) is 8.87. The summed E-state index contributed by atoms with van der Waals surface area (Å²) < 4.78 is 1.76. The quantitative estimate of drug-likeness (QED) is 0.372. The molecule has 0 saturated carbocycles. The first-order chi connectivity index (χ1) is 17.2. The highest BCUT2D eigenvalue weighted by atomic mass is 32.1. The Hall–Kier alpha value is -4.50. The van der Waals surface area contributed by atoms with Crippen molar-refractivity contribution in [3.63, 3.8) is 0 Å². The number of rotatable bonds is 5. The SMILES string of the molecule is C[C@H](Nc1ncnc2scnc12)c1cc2cccc(-c3ccnnc3)c2c(=O)n1-c1ccccc1. The van der Waals surface area contributed by atoms with Crippen molar-refractivity contribution in [2.24, 2.45) is 0 Å². The Morgan fingerprint density at radius 1 is 0.971 bits per heavy atom. The van der Waals surface area contributed by atoms with Gasteiger partial charge < -0.3 is 5.32 Å². The molecule has 6 rings (SSSR count). The van der Waals surface area contributed by atoms with Crippen LogP contribution in [-0.4, -0.2) is 29.7 Å². The summed E-state index contributed by atoms with van der Waals surface area (Å²) in [5, 5.41) is 12.8. The molecule has 4 aromatic heterocycles. The fraction of sp³-hybridized carbons (Fsp3) is 0.0769. The normalized spacial score (nSPS) is 12.1. The highest BCUT2D eigenvalue weighted by molar-refractivity contribution is 7.16. The first kappa shape index (κ1) is 21.1. The number of fused-ring (bicyclic) bond motifs is 2. The molecule has 170 valence electrons. The monoisotopic (exact) mass is 477 g/mol. The first-order valence-corrected chi connectivity index (χ1v) is 11.9. The summed E-state index contributed by atoms with van der Waals surface area (Å²) in [6.45, 7) is 2.01. The van der Waals surface area contributed by atoms with Crippen molar-refractivity contribution in [3.05, 3.63) is 101 Å². The van der Waals surface area contributed by atoms with Gasteiger partial charge in [0.1, 0.15) is 16.7 Å². The van der Waals surface area contributed by atoms with Crippen molar-refractivity contribution in [3.8, 4) is 16.8 Å². The molecule has 8 nitrogen and oxygen atoms in total. The molecule has 0 saturated heterocycles. The van der Waals surface area contributed by atoms with Gasteiger partial charge in [0.25, 0.3) is 5.56 Å². The van der Waals surface area contributed by atoms with Gasteiger partial charge in [0, 0.05) is 16.9 Å². The second kappa shape index (κ2) is 8.69. The van der Waals surface area contributed by atoms with Gasteiger partial charge in [-0.05, 0) is 42.1 Å². The lowest BCUT2D eigenvalue weighted by atomic mass is 9.99. The van der Waals surface area contributed by atoms with E-state index >= 15 is 0 Å². The van der Waals surface area contributed by atoms with Crippen LogP contribution >= 0.6 is 11.3 Å². The van der Waals surface area contributed by atoms with Gasteiger partial charge in [-0.1, -0.05) is 36.4 Å². The van der Waals surface area contributed by atoms with Crippen molar-refractivity contribution < 1.29 is 0 Å². The molecule has 0 bridgehead atoms. The molecule has 0 aliphatic carbocycles. The van der Waals surface area contributed by atoms with Crippen LogP contribution in [0.2, 0.25) is 0 Å². The largest absolute Gasteiger partial charge is 0.360 e. The van der Waals surface area contributed by atoms with Gasteiger partial charge in [-0.25, -0.2) is 15.0 Å². The molecular weight excluding hydrogens is 458 g/mol. The highest BCUT2D eigenvalue weighted by Crippen LogP contribution is 2.30. The Balaban J connectivity index is 1.58. The van der Waals surface area contributed by atoms with Gasteiger partial charge in [-0.3, -0.25) is 9.36 Å². The molecule has 2 aromatic carbocycles. The lowest BCUT2D eigenvalue weighted by molar-refractivity contribution is 0.774. The molecule has 0 unspecified atom stereocenters. The van der Waals surface area contributed by atoms with Crippen LogP contribution < -0.4 is 10.9 Å². The predicted octanol–water partition coefficient (Wildman–Crippen LogP) is 5.02. The third-order valence-corrected chi connectivity index (χ3v) is 6.65. The van der Waals surface area contributed by atoms with Gasteiger partial charge in [-0.2, -0.15) is 10.2 Å². The van der Waals surface area contributed by atoms with E-state index in [4.69, 9.17) is 0 Å². The minimum Gasteiger partial charge on any atom is -0.360 e. The zero-order valence-electron chi connectivity index (χ0n) is 18.7.